The van der Waals surface area contributed by atoms with Crippen LogP contribution in [0.15, 0.2) is 60.0 Å². The molecule has 0 radical (unpaired) electrons. The summed E-state index contributed by atoms with van der Waals surface area (Å²) in [4.78, 5) is 16.0. The molecule has 0 atom stereocenters. The van der Waals surface area contributed by atoms with Crippen LogP contribution in [0.1, 0.15) is 18.4 Å². The number of benzene rings is 2. The van der Waals surface area contributed by atoms with Crippen molar-refractivity contribution in [3.8, 4) is 5.69 Å². The molecule has 13 heteroatoms. The van der Waals surface area contributed by atoms with Gasteiger partial charge in [0.2, 0.25) is 15.9 Å². The SMILES string of the molecule is CN(CCCC(=O)Nc1cc(C(F)(F)F)ccc1-n1cncn1)S(=O)(=O)c1ccc(F)cc1. The maximum absolute atomic E-state index is 13.1. The first-order valence-corrected chi connectivity index (χ1v) is 11.0. The van der Waals surface area contributed by atoms with E-state index < -0.39 is 33.5 Å². The Kier molecular flexibility index (Phi) is 7.12. The number of aromatic nitrogens is 3. The number of carbonyl (C=O) groups excluding carboxylic acids is 1. The molecule has 0 aliphatic rings. The van der Waals surface area contributed by atoms with Crippen molar-refractivity contribution in [2.75, 3.05) is 18.9 Å². The smallest absolute Gasteiger partial charge is 0.324 e. The number of hydrogen-bond donors (Lipinski definition) is 1. The fourth-order valence-electron chi connectivity index (χ4n) is 2.93. The highest BCUT2D eigenvalue weighted by Crippen LogP contribution is 2.33. The van der Waals surface area contributed by atoms with E-state index in [0.717, 1.165) is 46.8 Å². The predicted molar refractivity (Wildman–Crippen MR) is 110 cm³/mol. The molecule has 0 saturated carbocycles. The highest BCUT2D eigenvalue weighted by Gasteiger charge is 2.31. The van der Waals surface area contributed by atoms with Crippen molar-refractivity contribution in [2.45, 2.75) is 23.9 Å². The van der Waals surface area contributed by atoms with Crippen LogP contribution in [0.4, 0.5) is 23.2 Å². The van der Waals surface area contributed by atoms with Crippen LogP contribution in [-0.2, 0) is 21.0 Å². The third kappa shape index (κ3) is 5.93. The van der Waals surface area contributed by atoms with Gasteiger partial charge in [0, 0.05) is 20.0 Å². The number of amides is 1. The number of anilines is 1. The second-order valence-corrected chi connectivity index (χ2v) is 9.05. The molecule has 3 aromatic rings. The summed E-state index contributed by atoms with van der Waals surface area (Å²) < 4.78 is 79.6. The van der Waals surface area contributed by atoms with Crippen LogP contribution < -0.4 is 5.32 Å². The van der Waals surface area contributed by atoms with E-state index in [4.69, 9.17) is 0 Å². The van der Waals surface area contributed by atoms with Gasteiger partial charge in [-0.25, -0.2) is 26.8 Å². The van der Waals surface area contributed by atoms with E-state index >= 15 is 0 Å². The molecule has 0 aliphatic heterocycles. The quantitative estimate of drug-likeness (QED) is 0.493. The molecular weight excluding hydrogens is 466 g/mol. The summed E-state index contributed by atoms with van der Waals surface area (Å²) in [7, 11) is -2.57. The van der Waals surface area contributed by atoms with Crippen molar-refractivity contribution < 1.29 is 30.8 Å². The molecule has 0 spiro atoms. The summed E-state index contributed by atoms with van der Waals surface area (Å²) >= 11 is 0. The third-order valence-corrected chi connectivity index (χ3v) is 6.53. The predicted octanol–water partition coefficient (Wildman–Crippen LogP) is 3.46. The topological polar surface area (TPSA) is 97.2 Å². The molecule has 0 unspecified atom stereocenters. The van der Waals surface area contributed by atoms with Gasteiger partial charge in [-0.2, -0.15) is 18.3 Å². The Balaban J connectivity index is 1.66. The number of hydrogen-bond acceptors (Lipinski definition) is 5. The van der Waals surface area contributed by atoms with Gasteiger partial charge in [-0.15, -0.1) is 0 Å². The lowest BCUT2D eigenvalue weighted by molar-refractivity contribution is -0.137. The number of nitrogens with zero attached hydrogens (tertiary/aromatic N) is 4. The fraction of sp³-hybridized carbons (Fsp3) is 0.250. The second kappa shape index (κ2) is 9.67. The van der Waals surface area contributed by atoms with Crippen LogP contribution >= 0.6 is 0 Å². The molecule has 0 bridgehead atoms. The van der Waals surface area contributed by atoms with Crippen LogP contribution in [-0.4, -0.2) is 47.0 Å². The van der Waals surface area contributed by atoms with Crippen LogP contribution in [0.2, 0.25) is 0 Å². The lowest BCUT2D eigenvalue weighted by Gasteiger charge is -2.17. The number of sulfonamides is 1. The van der Waals surface area contributed by atoms with E-state index in [0.29, 0.717) is 0 Å². The van der Waals surface area contributed by atoms with Gasteiger partial charge in [-0.05, 0) is 48.9 Å². The Bertz CT molecular complexity index is 1210. The van der Waals surface area contributed by atoms with Gasteiger partial charge in [0.25, 0.3) is 0 Å². The first-order chi connectivity index (χ1) is 15.5. The van der Waals surface area contributed by atoms with Gasteiger partial charge < -0.3 is 5.32 Å². The summed E-state index contributed by atoms with van der Waals surface area (Å²) in [6.45, 7) is -0.0361. The minimum absolute atomic E-state index is 0.0361. The van der Waals surface area contributed by atoms with E-state index in [1.54, 1.807) is 0 Å². The van der Waals surface area contributed by atoms with E-state index in [2.05, 4.69) is 15.4 Å². The average Bonchev–Trinajstić information content (AvgIpc) is 3.28. The summed E-state index contributed by atoms with van der Waals surface area (Å²) in [5.41, 5.74) is -0.885. The molecular formula is C20H19F4N5O3S. The Hall–Kier alpha value is -3.32. The minimum atomic E-state index is -4.61. The molecule has 2 aromatic carbocycles. The van der Waals surface area contributed by atoms with Crippen LogP contribution in [0.5, 0.6) is 0 Å². The van der Waals surface area contributed by atoms with Gasteiger partial charge in [-0.3, -0.25) is 4.79 Å². The summed E-state index contributed by atoms with van der Waals surface area (Å²) in [5, 5.41) is 6.29. The van der Waals surface area contributed by atoms with Crippen molar-refractivity contribution in [1.29, 1.82) is 0 Å². The average molecular weight is 485 g/mol. The van der Waals surface area contributed by atoms with Crippen molar-refractivity contribution >= 4 is 21.6 Å². The molecule has 3 rings (SSSR count). The molecule has 8 nitrogen and oxygen atoms in total. The molecule has 1 amide bonds. The Morgan fingerprint density at radius 1 is 1.15 bits per heavy atom. The van der Waals surface area contributed by atoms with Crippen molar-refractivity contribution in [3.05, 3.63) is 66.5 Å². The standard InChI is InChI=1S/C20H19F4N5O3S/c1-28(33(31,32)16-7-5-15(21)6-8-16)10-2-3-19(30)27-17-11-14(20(22,23)24)4-9-18(17)29-13-25-12-26-29/h4-9,11-13H,2-3,10H2,1H3,(H,27,30). The summed E-state index contributed by atoms with van der Waals surface area (Å²) in [5.74, 6) is -1.18. The van der Waals surface area contributed by atoms with Gasteiger partial charge in [0.15, 0.2) is 0 Å². The highest BCUT2D eigenvalue weighted by molar-refractivity contribution is 7.89. The Morgan fingerprint density at radius 2 is 1.85 bits per heavy atom. The maximum Gasteiger partial charge on any atom is 0.416 e. The van der Waals surface area contributed by atoms with Gasteiger partial charge in [0.1, 0.15) is 18.5 Å². The molecule has 0 saturated heterocycles. The van der Waals surface area contributed by atoms with E-state index in [9.17, 15) is 30.8 Å². The molecule has 1 heterocycles. The lowest BCUT2D eigenvalue weighted by Crippen LogP contribution is -2.28. The first-order valence-electron chi connectivity index (χ1n) is 9.56. The van der Waals surface area contributed by atoms with Gasteiger partial charge in [-0.1, -0.05) is 0 Å². The lowest BCUT2D eigenvalue weighted by atomic mass is 10.1. The number of halogens is 4. The number of carbonyl (C=O) groups is 1. The zero-order chi connectivity index (χ0) is 24.2. The van der Waals surface area contributed by atoms with Crippen molar-refractivity contribution in [2.24, 2.45) is 0 Å². The number of alkyl halides is 3. The molecule has 0 aliphatic carbocycles. The molecule has 0 fully saturated rings. The molecule has 176 valence electrons. The molecule has 1 N–H and O–H groups in total. The van der Waals surface area contributed by atoms with E-state index in [1.807, 2.05) is 0 Å². The number of nitrogens with one attached hydrogen (secondary N) is 1. The van der Waals surface area contributed by atoms with E-state index in [-0.39, 0.29) is 35.7 Å². The van der Waals surface area contributed by atoms with Gasteiger partial charge in [0.05, 0.1) is 21.8 Å². The Labute approximate surface area is 186 Å². The zero-order valence-electron chi connectivity index (χ0n) is 17.3. The largest absolute Gasteiger partial charge is 0.416 e. The van der Waals surface area contributed by atoms with Crippen molar-refractivity contribution in [1.82, 2.24) is 19.1 Å². The van der Waals surface area contributed by atoms with Crippen molar-refractivity contribution in [3.63, 3.8) is 0 Å². The monoisotopic (exact) mass is 485 g/mol. The van der Waals surface area contributed by atoms with Crippen LogP contribution in [0, 0.1) is 5.82 Å². The fourth-order valence-corrected chi connectivity index (χ4v) is 4.14. The Morgan fingerprint density at radius 3 is 2.45 bits per heavy atom. The first kappa shape index (κ1) is 24.3. The third-order valence-electron chi connectivity index (χ3n) is 4.66. The van der Waals surface area contributed by atoms with E-state index in [1.165, 1.54) is 24.4 Å². The second-order valence-electron chi connectivity index (χ2n) is 7.00. The normalized spacial score (nSPS) is 12.2. The van der Waals surface area contributed by atoms with Crippen LogP contribution in [0.3, 0.4) is 0 Å². The highest BCUT2D eigenvalue weighted by atomic mass is 32.2. The zero-order valence-corrected chi connectivity index (χ0v) is 18.1. The summed E-state index contributed by atoms with van der Waals surface area (Å²) in [6.07, 6.45) is -2.21. The molecule has 33 heavy (non-hydrogen) atoms. The summed E-state index contributed by atoms with van der Waals surface area (Å²) in [6, 6.07) is 7.13. The minimum Gasteiger partial charge on any atom is -0.324 e. The van der Waals surface area contributed by atoms with Gasteiger partial charge >= 0.3 is 6.18 Å². The number of rotatable bonds is 8. The van der Waals surface area contributed by atoms with Crippen LogP contribution in [0.25, 0.3) is 5.69 Å². The maximum atomic E-state index is 13.1. The molecule has 1 aromatic heterocycles.